The van der Waals surface area contributed by atoms with Crippen LogP contribution in [0.3, 0.4) is 0 Å². The first kappa shape index (κ1) is 37.2. The summed E-state index contributed by atoms with van der Waals surface area (Å²) < 4.78 is 17.4. The average Bonchev–Trinajstić information content (AvgIpc) is 3.54. The molecular formula is C35H58N2O8. The van der Waals surface area contributed by atoms with E-state index in [0.717, 1.165) is 31.6 Å². The third-order valence-electron chi connectivity index (χ3n) is 9.47. The van der Waals surface area contributed by atoms with Crippen LogP contribution in [0.25, 0.3) is 0 Å². The van der Waals surface area contributed by atoms with Gasteiger partial charge in [-0.3, -0.25) is 4.79 Å². The van der Waals surface area contributed by atoms with Gasteiger partial charge in [0.05, 0.1) is 30.8 Å². The first-order chi connectivity index (χ1) is 21.3. The molecule has 0 aromatic heterocycles. The Bertz CT molecular complexity index is 1040. The molecule has 2 saturated heterocycles. The van der Waals surface area contributed by atoms with E-state index in [-0.39, 0.29) is 55.3 Å². The molecule has 0 aromatic rings. The number of ether oxygens (including phenoxy) is 3. The van der Waals surface area contributed by atoms with Gasteiger partial charge in [0.2, 0.25) is 0 Å². The fraction of sp³-hybridized carbons (Fsp3) is 0.771. The predicted molar refractivity (Wildman–Crippen MR) is 173 cm³/mol. The van der Waals surface area contributed by atoms with Crippen molar-refractivity contribution in [3.8, 4) is 0 Å². The van der Waals surface area contributed by atoms with Gasteiger partial charge in [0.15, 0.2) is 6.10 Å². The highest BCUT2D eigenvalue weighted by Crippen LogP contribution is 2.36. The molecule has 0 saturated carbocycles. The maximum absolute atomic E-state index is 12.8. The maximum Gasteiger partial charge on any atom is 0.407 e. The minimum absolute atomic E-state index is 0.0984. The summed E-state index contributed by atoms with van der Waals surface area (Å²) in [6.45, 7) is 14.8. The van der Waals surface area contributed by atoms with E-state index in [1.165, 1.54) is 12.8 Å². The number of carbonyl (C=O) groups is 2. The highest BCUT2D eigenvalue weighted by atomic mass is 16.6. The van der Waals surface area contributed by atoms with E-state index in [4.69, 9.17) is 14.2 Å². The molecule has 3 aliphatic heterocycles. The van der Waals surface area contributed by atoms with E-state index < -0.39 is 36.0 Å². The molecule has 45 heavy (non-hydrogen) atoms. The van der Waals surface area contributed by atoms with Gasteiger partial charge in [0.1, 0.15) is 11.7 Å². The van der Waals surface area contributed by atoms with Gasteiger partial charge in [-0.25, -0.2) is 4.79 Å². The standard InChI is InChI=1S/C35H58N2O8/c1-7-28(39)26(5)33-29(43-33)21-23(2)11-10-12-24(3)32-25(4)13-14-30(35(6,42)16-15-27(38)22-31(40)45-32)44-34(41)36-17-20-37-18-8-9-19-37/h10-14,23,25-30,32-33,38-39,42H,7-9,15-22H2,1-6H3,(H,36,41). The summed E-state index contributed by atoms with van der Waals surface area (Å²) in [7, 11) is 0. The van der Waals surface area contributed by atoms with E-state index >= 15 is 0 Å². The first-order valence-electron chi connectivity index (χ1n) is 16.9. The zero-order valence-electron chi connectivity index (χ0n) is 28.2. The van der Waals surface area contributed by atoms with Crippen LogP contribution in [0, 0.1) is 17.8 Å². The lowest BCUT2D eigenvalue weighted by Gasteiger charge is -2.32. The third kappa shape index (κ3) is 12.1. The zero-order valence-corrected chi connectivity index (χ0v) is 28.2. The Hall–Kier alpha value is -2.24. The van der Waals surface area contributed by atoms with E-state index in [9.17, 15) is 24.9 Å². The molecule has 0 radical (unpaired) electrons. The molecular weight excluding hydrogens is 576 g/mol. The van der Waals surface area contributed by atoms with Crippen LogP contribution >= 0.6 is 0 Å². The number of aliphatic hydroxyl groups excluding tert-OH is 2. The number of allylic oxidation sites excluding steroid dienone is 3. The van der Waals surface area contributed by atoms with Crippen LogP contribution in [-0.2, 0) is 19.0 Å². The number of epoxide rings is 1. The summed E-state index contributed by atoms with van der Waals surface area (Å²) in [4.78, 5) is 27.8. The second kappa shape index (κ2) is 17.6. The maximum atomic E-state index is 12.8. The third-order valence-corrected chi connectivity index (χ3v) is 9.47. The molecule has 3 rings (SSSR count). The Kier molecular flexibility index (Phi) is 14.6. The summed E-state index contributed by atoms with van der Waals surface area (Å²) in [5.74, 6) is -0.448. The van der Waals surface area contributed by atoms with Crippen molar-refractivity contribution in [2.45, 2.75) is 129 Å². The van der Waals surface area contributed by atoms with Crippen molar-refractivity contribution in [1.82, 2.24) is 10.2 Å². The smallest absolute Gasteiger partial charge is 0.407 e. The number of cyclic esters (lactones) is 1. The molecule has 0 aromatic carbocycles. The normalized spacial score (nSPS) is 34.0. The molecule has 2 fully saturated rings. The van der Waals surface area contributed by atoms with Gasteiger partial charge in [0, 0.05) is 24.9 Å². The molecule has 3 heterocycles. The van der Waals surface area contributed by atoms with Crippen LogP contribution in [0.15, 0.2) is 36.0 Å². The number of nitrogens with zero attached hydrogens (tertiary/aromatic N) is 1. The van der Waals surface area contributed by atoms with Crippen molar-refractivity contribution < 1.29 is 39.1 Å². The summed E-state index contributed by atoms with van der Waals surface area (Å²) in [5, 5.41) is 34.8. The minimum Gasteiger partial charge on any atom is -0.457 e. The van der Waals surface area contributed by atoms with Gasteiger partial charge in [-0.05, 0) is 83.0 Å². The van der Waals surface area contributed by atoms with E-state index in [1.807, 2.05) is 45.9 Å². The lowest BCUT2D eigenvalue weighted by molar-refractivity contribution is -0.151. The number of alkyl carbamates (subject to hydrolysis) is 1. The molecule has 10 nitrogen and oxygen atoms in total. The minimum atomic E-state index is -1.46. The summed E-state index contributed by atoms with van der Waals surface area (Å²) in [5.41, 5.74) is -0.637. The Labute approximate surface area is 269 Å². The molecule has 256 valence electrons. The van der Waals surface area contributed by atoms with E-state index in [0.29, 0.717) is 13.0 Å². The van der Waals surface area contributed by atoms with Crippen LogP contribution in [0.5, 0.6) is 0 Å². The quantitative estimate of drug-likeness (QED) is 0.107. The lowest BCUT2D eigenvalue weighted by Crippen LogP contribution is -2.45. The number of carbonyl (C=O) groups excluding carboxylic acids is 2. The molecule has 4 N–H and O–H groups in total. The first-order valence-corrected chi connectivity index (χ1v) is 16.9. The van der Waals surface area contributed by atoms with Crippen molar-refractivity contribution in [2.24, 2.45) is 17.8 Å². The van der Waals surface area contributed by atoms with Crippen molar-refractivity contribution >= 4 is 12.1 Å². The fourth-order valence-electron chi connectivity index (χ4n) is 6.27. The van der Waals surface area contributed by atoms with Crippen LogP contribution in [0.2, 0.25) is 0 Å². The largest absolute Gasteiger partial charge is 0.457 e. The van der Waals surface area contributed by atoms with Crippen molar-refractivity contribution in [2.75, 3.05) is 26.2 Å². The molecule has 0 aliphatic carbocycles. The molecule has 1 amide bonds. The highest BCUT2D eigenvalue weighted by Gasteiger charge is 2.45. The average molecular weight is 635 g/mol. The van der Waals surface area contributed by atoms with Crippen LogP contribution in [0.4, 0.5) is 4.79 Å². The van der Waals surface area contributed by atoms with Crippen molar-refractivity contribution in [3.05, 3.63) is 36.0 Å². The topological polar surface area (TPSA) is 141 Å². The second-order valence-electron chi connectivity index (χ2n) is 13.7. The van der Waals surface area contributed by atoms with Crippen LogP contribution in [0.1, 0.15) is 86.5 Å². The number of likely N-dealkylation sites (tertiary alicyclic amines) is 1. The van der Waals surface area contributed by atoms with Gasteiger partial charge >= 0.3 is 12.1 Å². The number of nitrogens with one attached hydrogen (secondary N) is 1. The predicted octanol–water partition coefficient (Wildman–Crippen LogP) is 4.28. The summed E-state index contributed by atoms with van der Waals surface area (Å²) in [6, 6.07) is 0. The Morgan fingerprint density at radius 2 is 1.98 bits per heavy atom. The summed E-state index contributed by atoms with van der Waals surface area (Å²) in [6.07, 6.45) is 10.1. The zero-order chi connectivity index (χ0) is 33.1. The number of hydrogen-bond donors (Lipinski definition) is 4. The molecule has 10 unspecified atom stereocenters. The number of rotatable bonds is 12. The molecule has 3 aliphatic rings. The molecule has 10 heteroatoms. The Balaban J connectivity index is 1.65. The number of amides is 1. The lowest BCUT2D eigenvalue weighted by atomic mass is 9.88. The van der Waals surface area contributed by atoms with E-state index in [2.05, 4.69) is 23.2 Å². The van der Waals surface area contributed by atoms with Gasteiger partial charge < -0.3 is 39.7 Å². The molecule has 10 atom stereocenters. The monoisotopic (exact) mass is 634 g/mol. The molecule has 0 bridgehead atoms. The molecule has 0 spiro atoms. The highest BCUT2D eigenvalue weighted by molar-refractivity contribution is 5.70. The van der Waals surface area contributed by atoms with Crippen LogP contribution in [-0.4, -0.2) is 101 Å². The summed E-state index contributed by atoms with van der Waals surface area (Å²) >= 11 is 0. The second-order valence-corrected chi connectivity index (χ2v) is 13.7. The van der Waals surface area contributed by atoms with E-state index in [1.54, 1.807) is 13.0 Å². The van der Waals surface area contributed by atoms with Crippen molar-refractivity contribution in [3.63, 3.8) is 0 Å². The number of hydrogen-bond acceptors (Lipinski definition) is 9. The van der Waals surface area contributed by atoms with Crippen LogP contribution < -0.4 is 5.32 Å². The number of esters is 1. The van der Waals surface area contributed by atoms with Gasteiger partial charge in [0.25, 0.3) is 0 Å². The Morgan fingerprint density at radius 1 is 1.27 bits per heavy atom. The SMILES string of the molecule is CCC(O)C(C)C1OC1CC(C)C=CC=C(C)C1OC(=O)CC(O)CCC(C)(O)C(OC(=O)NCCN2CCCC2)C=CC1C. The van der Waals surface area contributed by atoms with Gasteiger partial charge in [-0.1, -0.05) is 52.0 Å². The fourth-order valence-corrected chi connectivity index (χ4v) is 6.27. The van der Waals surface area contributed by atoms with Gasteiger partial charge in [-0.15, -0.1) is 0 Å². The van der Waals surface area contributed by atoms with Crippen molar-refractivity contribution in [1.29, 1.82) is 0 Å². The Morgan fingerprint density at radius 3 is 2.67 bits per heavy atom. The van der Waals surface area contributed by atoms with Gasteiger partial charge in [-0.2, -0.15) is 0 Å². The number of aliphatic hydroxyl groups is 3.